The quantitative estimate of drug-likeness (QED) is 0.150. The van der Waals surface area contributed by atoms with Crippen LogP contribution in [0.2, 0.25) is 0 Å². The van der Waals surface area contributed by atoms with Crippen LogP contribution in [0, 0.1) is 23.7 Å². The Balaban J connectivity index is 2.26. The Morgan fingerprint density at radius 3 is 1.03 bits per heavy atom. The Kier molecular flexibility index (Phi) is 23.0. The van der Waals surface area contributed by atoms with Crippen LogP contribution in [0.3, 0.4) is 0 Å². The molecule has 0 aromatic heterocycles. The smallest absolute Gasteiger partial charge is 0.329 e. The first-order chi connectivity index (χ1) is 33.9. The molecule has 0 saturated carbocycles. The van der Waals surface area contributed by atoms with Crippen molar-refractivity contribution in [3.8, 4) is 5.75 Å². The lowest BCUT2D eigenvalue weighted by Gasteiger charge is -2.35. The molecule has 8 atom stereocenters. The van der Waals surface area contributed by atoms with E-state index < -0.39 is 102 Å². The van der Waals surface area contributed by atoms with Crippen LogP contribution in [0.4, 0.5) is 0 Å². The summed E-state index contributed by atoms with van der Waals surface area (Å²) in [6, 6.07) is 10.7. The fourth-order valence-electron chi connectivity index (χ4n) is 8.57. The number of benzene rings is 2. The summed E-state index contributed by atoms with van der Waals surface area (Å²) in [4.78, 5) is 120. The lowest BCUT2D eigenvalue weighted by atomic mass is 10.00. The predicted octanol–water partition coefficient (Wildman–Crippen LogP) is 6.84. The minimum absolute atomic E-state index is 0.0880. The highest BCUT2D eigenvalue weighted by atomic mass is 16.6. The van der Waals surface area contributed by atoms with E-state index in [1.54, 1.807) is 54.6 Å². The van der Waals surface area contributed by atoms with Crippen LogP contribution < -0.4 is 4.74 Å². The van der Waals surface area contributed by atoms with Crippen molar-refractivity contribution in [1.82, 2.24) is 19.6 Å². The maximum absolute atomic E-state index is 14.9. The molecule has 0 N–H and O–H groups in total. The second-order valence-electron chi connectivity index (χ2n) is 22.1. The summed E-state index contributed by atoms with van der Waals surface area (Å²) in [7, 11) is 5.55. The third kappa shape index (κ3) is 18.5. The summed E-state index contributed by atoms with van der Waals surface area (Å²) in [6.07, 6.45) is -5.79. The van der Waals surface area contributed by atoms with Crippen LogP contribution in [0.1, 0.15) is 127 Å². The number of amides is 4. The monoisotopic (exact) mass is 1020 g/mol. The molecule has 1 aliphatic heterocycles. The number of hydrogen-bond acceptors (Lipinski definition) is 13. The highest BCUT2D eigenvalue weighted by Crippen LogP contribution is 2.25. The number of cyclic esters (lactones) is 4. The van der Waals surface area contributed by atoms with Gasteiger partial charge in [0, 0.05) is 41.0 Å². The Bertz CT molecular complexity index is 2170. The largest absolute Gasteiger partial charge is 0.488 e. The van der Waals surface area contributed by atoms with Crippen molar-refractivity contribution < 1.29 is 62.0 Å². The Morgan fingerprint density at radius 2 is 0.726 bits per heavy atom. The van der Waals surface area contributed by atoms with Gasteiger partial charge >= 0.3 is 23.9 Å². The van der Waals surface area contributed by atoms with Crippen molar-refractivity contribution in [3.05, 3.63) is 65.7 Å². The van der Waals surface area contributed by atoms with Crippen molar-refractivity contribution in [2.75, 3.05) is 28.2 Å². The summed E-state index contributed by atoms with van der Waals surface area (Å²) in [6.45, 7) is 23.2. The maximum atomic E-state index is 14.9. The van der Waals surface area contributed by atoms with Gasteiger partial charge in [-0.1, -0.05) is 97.9 Å². The zero-order chi connectivity index (χ0) is 55.2. The van der Waals surface area contributed by atoms with E-state index in [0.717, 1.165) is 19.6 Å². The van der Waals surface area contributed by atoms with Crippen molar-refractivity contribution >= 4 is 47.5 Å². The van der Waals surface area contributed by atoms with Gasteiger partial charge in [-0.05, 0) is 107 Å². The Hall–Kier alpha value is -6.00. The topological polar surface area (TPSA) is 196 Å². The van der Waals surface area contributed by atoms with Gasteiger partial charge in [-0.2, -0.15) is 0 Å². The molecule has 8 unspecified atom stereocenters. The molecule has 3 rings (SSSR count). The van der Waals surface area contributed by atoms with E-state index in [1.807, 2.05) is 76.2 Å². The van der Waals surface area contributed by atoms with E-state index in [4.69, 9.17) is 23.7 Å². The maximum Gasteiger partial charge on any atom is 0.329 e. The van der Waals surface area contributed by atoms with Crippen LogP contribution in [0.25, 0.3) is 0 Å². The summed E-state index contributed by atoms with van der Waals surface area (Å²) < 4.78 is 29.9. The first kappa shape index (κ1) is 61.3. The van der Waals surface area contributed by atoms with Gasteiger partial charge in [-0.3, -0.25) is 19.2 Å². The van der Waals surface area contributed by atoms with E-state index in [0.29, 0.717) is 16.9 Å². The van der Waals surface area contributed by atoms with E-state index in [2.05, 4.69) is 0 Å². The van der Waals surface area contributed by atoms with Crippen LogP contribution in [0.5, 0.6) is 5.75 Å². The molecule has 1 saturated heterocycles. The summed E-state index contributed by atoms with van der Waals surface area (Å²) >= 11 is 0. The molecule has 0 radical (unpaired) electrons. The Labute approximate surface area is 433 Å². The van der Waals surface area contributed by atoms with E-state index in [1.165, 1.54) is 42.0 Å². The van der Waals surface area contributed by atoms with Gasteiger partial charge in [-0.25, -0.2) is 19.2 Å². The first-order valence-corrected chi connectivity index (χ1v) is 25.6. The fourth-order valence-corrected chi connectivity index (χ4v) is 8.57. The average Bonchev–Trinajstić information content (AvgIpc) is 3.30. The van der Waals surface area contributed by atoms with Crippen molar-refractivity contribution in [1.29, 1.82) is 0 Å². The molecule has 17 heteroatoms. The average molecular weight is 1020 g/mol. The minimum Gasteiger partial charge on any atom is -0.488 e. The van der Waals surface area contributed by atoms with Crippen molar-refractivity contribution in [2.24, 2.45) is 23.7 Å². The molecular formula is C56H84N4O13. The number of rotatable bonds is 13. The summed E-state index contributed by atoms with van der Waals surface area (Å²) in [5.74, 6) is -6.73. The van der Waals surface area contributed by atoms with E-state index in [9.17, 15) is 38.4 Å². The highest BCUT2D eigenvalue weighted by molar-refractivity contribution is 5.94. The molecule has 1 aliphatic rings. The number of esters is 4. The lowest BCUT2D eigenvalue weighted by molar-refractivity contribution is -0.176. The Morgan fingerprint density at radius 1 is 0.438 bits per heavy atom. The van der Waals surface area contributed by atoms with Gasteiger partial charge in [0.1, 0.15) is 35.5 Å². The van der Waals surface area contributed by atoms with Crippen LogP contribution >= 0.6 is 0 Å². The molecule has 1 heterocycles. The van der Waals surface area contributed by atoms with Gasteiger partial charge in [-0.15, -0.1) is 0 Å². The molecule has 0 spiro atoms. The molecular weight excluding hydrogens is 937 g/mol. The van der Waals surface area contributed by atoms with Crippen LogP contribution in [-0.4, -0.2) is 149 Å². The van der Waals surface area contributed by atoms with Gasteiger partial charge in [0.25, 0.3) is 23.6 Å². The molecule has 1 fully saturated rings. The summed E-state index contributed by atoms with van der Waals surface area (Å²) in [5, 5.41) is 0. The molecule has 2 aromatic carbocycles. The first-order valence-electron chi connectivity index (χ1n) is 25.6. The van der Waals surface area contributed by atoms with Crippen molar-refractivity contribution in [2.45, 2.75) is 183 Å². The molecule has 0 aliphatic carbocycles. The molecule has 73 heavy (non-hydrogen) atoms. The van der Waals surface area contributed by atoms with Gasteiger partial charge in [0.05, 0.1) is 0 Å². The normalized spacial score (nSPS) is 24.5. The lowest BCUT2D eigenvalue weighted by Crippen LogP contribution is -2.55. The second-order valence-corrected chi connectivity index (χ2v) is 22.1. The zero-order valence-electron chi connectivity index (χ0n) is 46.5. The zero-order valence-corrected chi connectivity index (χ0v) is 46.5. The standard InChI is InChI=1S/C56H84N4O13/c1-33(2)27-42-52(65)69-38(10)49(62)58(15)45(30-36(7)8)55(68)72-47(32-40-23-25-41(26-24-40)73-56(11,12)13)51(64)60(17)43(28-34(3)4)53(66)70-37(9)48(61)57(14)44(29-35(5)6)54(67)71-46(50(63)59(42)16)31-39-21-19-18-20-22-39/h18-26,33-38,42-47H,27-32H2,1-17H3. The molecule has 17 nitrogen and oxygen atoms in total. The summed E-state index contributed by atoms with van der Waals surface area (Å²) in [5.41, 5.74) is 0.740. The van der Waals surface area contributed by atoms with E-state index in [-0.39, 0.29) is 62.2 Å². The second kappa shape index (κ2) is 27.3. The number of carbonyl (C=O) groups is 8. The molecule has 4 amide bonds. The number of nitrogens with zero attached hydrogens (tertiary/aromatic N) is 4. The number of ether oxygens (including phenoxy) is 5. The highest BCUT2D eigenvalue weighted by Gasteiger charge is 2.43. The fraction of sp³-hybridized carbons (Fsp3) is 0.643. The van der Waals surface area contributed by atoms with Gasteiger partial charge in [0.15, 0.2) is 24.4 Å². The van der Waals surface area contributed by atoms with Crippen LogP contribution in [-0.2, 0) is 70.1 Å². The van der Waals surface area contributed by atoms with Crippen LogP contribution in [0.15, 0.2) is 54.6 Å². The molecule has 2 aromatic rings. The number of carbonyl (C=O) groups excluding carboxylic acids is 8. The van der Waals surface area contributed by atoms with Gasteiger partial charge < -0.3 is 43.3 Å². The molecule has 406 valence electrons. The SMILES string of the molecule is CC(C)CC1C(=O)OC(Cc2ccc(OC(C)(C)C)cc2)C(=O)N(C)C(CC(C)C)C(=O)OC(C)C(=O)N(C)C(CC(C)C)C(=O)OC(Cc2ccccc2)C(=O)N(C)C(CC(C)C)C(=O)OC(C)C(=O)N1C. The van der Waals surface area contributed by atoms with E-state index >= 15 is 0 Å². The van der Waals surface area contributed by atoms with Gasteiger partial charge in [0.2, 0.25) is 0 Å². The van der Waals surface area contributed by atoms with Crippen molar-refractivity contribution in [3.63, 3.8) is 0 Å². The number of likely N-dealkylation sites (N-methyl/N-ethyl adjacent to an activating group) is 4. The number of hydrogen-bond donors (Lipinski definition) is 0. The molecule has 0 bridgehead atoms. The third-order valence-corrected chi connectivity index (χ3v) is 12.5. The minimum atomic E-state index is -1.53. The predicted molar refractivity (Wildman–Crippen MR) is 276 cm³/mol. The third-order valence-electron chi connectivity index (χ3n) is 12.5.